The van der Waals surface area contributed by atoms with Crippen molar-refractivity contribution < 1.29 is 4.79 Å². The number of nitrogens with one attached hydrogen (secondary N) is 1. The molecule has 1 amide bonds. The van der Waals surface area contributed by atoms with Crippen LogP contribution in [0.3, 0.4) is 0 Å². The molecule has 0 aromatic rings. The fraction of sp³-hybridized carbons (Fsp3) is 0.833. The fourth-order valence-corrected chi connectivity index (χ4v) is 0.748. The minimum atomic E-state index is 0.0465. The average molecular weight is 145 g/mol. The molecule has 0 aromatic heterocycles. The number of carbonyl (C=O) groups is 1. The Bertz CT molecular complexity index is 112. The van der Waals surface area contributed by atoms with Gasteiger partial charge in [-0.05, 0) is 18.8 Å². The summed E-state index contributed by atoms with van der Waals surface area (Å²) < 4.78 is 0. The normalized spacial score (nSPS) is 17.4. The van der Waals surface area contributed by atoms with E-state index in [9.17, 15) is 4.79 Å². The van der Waals surface area contributed by atoms with Crippen molar-refractivity contribution >= 4 is 18.5 Å². The predicted octanol–water partition coefficient (Wildman–Crippen LogP) is 0.442. The first-order valence-corrected chi connectivity index (χ1v) is 3.83. The second-order valence-electron chi connectivity index (χ2n) is 2.41. The molecule has 0 atom stereocenters. The predicted molar refractivity (Wildman–Crippen MR) is 39.6 cm³/mol. The highest BCUT2D eigenvalue weighted by atomic mass is 32.1. The maximum Gasteiger partial charge on any atom is 0.229 e. The van der Waals surface area contributed by atoms with E-state index in [2.05, 4.69) is 17.9 Å². The average Bonchev–Trinajstić information content (AvgIpc) is 2.65. The van der Waals surface area contributed by atoms with Crippen molar-refractivity contribution in [2.24, 2.45) is 5.92 Å². The van der Waals surface area contributed by atoms with E-state index >= 15 is 0 Å². The molecule has 1 fully saturated rings. The maximum absolute atomic E-state index is 10.6. The van der Waals surface area contributed by atoms with Crippen LogP contribution in [0.2, 0.25) is 0 Å². The Morgan fingerprint density at radius 2 is 2.33 bits per heavy atom. The molecule has 0 bridgehead atoms. The molecular formula is C6H11NOS. The molecule has 0 radical (unpaired) electrons. The quantitative estimate of drug-likeness (QED) is 0.554. The molecule has 1 saturated carbocycles. The van der Waals surface area contributed by atoms with E-state index in [1.165, 1.54) is 12.8 Å². The minimum Gasteiger partial charge on any atom is -0.355 e. The summed E-state index contributed by atoms with van der Waals surface area (Å²) in [4.78, 5) is 10.6. The van der Waals surface area contributed by atoms with Crippen LogP contribution in [0, 0.1) is 5.92 Å². The molecule has 0 unspecified atom stereocenters. The lowest BCUT2D eigenvalue weighted by molar-refractivity contribution is -0.118. The number of hydrogen-bond donors (Lipinski definition) is 2. The highest BCUT2D eigenvalue weighted by Gasteiger charge is 2.20. The van der Waals surface area contributed by atoms with Crippen LogP contribution in [0.4, 0.5) is 0 Å². The Balaban J connectivity index is 1.96. The van der Waals surface area contributed by atoms with Crippen molar-refractivity contribution in [2.45, 2.75) is 12.8 Å². The van der Waals surface area contributed by atoms with Gasteiger partial charge in [-0.1, -0.05) is 0 Å². The van der Waals surface area contributed by atoms with E-state index in [0.29, 0.717) is 5.75 Å². The Kier molecular flexibility index (Phi) is 2.39. The van der Waals surface area contributed by atoms with Crippen LogP contribution in [0.1, 0.15) is 12.8 Å². The molecule has 2 nitrogen and oxygen atoms in total. The molecule has 1 rings (SSSR count). The van der Waals surface area contributed by atoms with Gasteiger partial charge in [0.2, 0.25) is 5.91 Å². The number of thiol groups is 1. The number of amides is 1. The molecule has 0 spiro atoms. The number of hydrogen-bond acceptors (Lipinski definition) is 2. The molecule has 0 aliphatic heterocycles. The summed E-state index contributed by atoms with van der Waals surface area (Å²) >= 11 is 3.83. The van der Waals surface area contributed by atoms with Crippen LogP contribution in [-0.4, -0.2) is 18.2 Å². The van der Waals surface area contributed by atoms with E-state index in [1.54, 1.807) is 0 Å². The Hall–Kier alpha value is -0.180. The van der Waals surface area contributed by atoms with Gasteiger partial charge in [-0.15, -0.1) is 0 Å². The standard InChI is InChI=1S/C6H11NOS/c8-6(4-9)7-3-5-1-2-5/h5,9H,1-4H2,(H,7,8). The van der Waals surface area contributed by atoms with Gasteiger partial charge in [0.15, 0.2) is 0 Å². The fourth-order valence-electron chi connectivity index (χ4n) is 0.636. The van der Waals surface area contributed by atoms with E-state index < -0.39 is 0 Å². The number of rotatable bonds is 3. The summed E-state index contributed by atoms with van der Waals surface area (Å²) in [7, 11) is 0. The van der Waals surface area contributed by atoms with Gasteiger partial charge in [-0.3, -0.25) is 4.79 Å². The zero-order valence-corrected chi connectivity index (χ0v) is 6.16. The van der Waals surface area contributed by atoms with Crippen LogP contribution >= 0.6 is 12.6 Å². The lowest BCUT2D eigenvalue weighted by Gasteiger charge is -1.98. The lowest BCUT2D eigenvalue weighted by atomic mass is 10.4. The van der Waals surface area contributed by atoms with Gasteiger partial charge in [-0.25, -0.2) is 0 Å². The summed E-state index contributed by atoms with van der Waals surface area (Å²) in [5.74, 6) is 1.13. The highest BCUT2D eigenvalue weighted by Crippen LogP contribution is 2.27. The van der Waals surface area contributed by atoms with Crippen molar-refractivity contribution in [2.75, 3.05) is 12.3 Å². The van der Waals surface area contributed by atoms with Crippen LogP contribution in [0.15, 0.2) is 0 Å². The Morgan fingerprint density at radius 1 is 1.67 bits per heavy atom. The third-order valence-electron chi connectivity index (χ3n) is 1.43. The van der Waals surface area contributed by atoms with Crippen molar-refractivity contribution in [3.63, 3.8) is 0 Å². The van der Waals surface area contributed by atoms with Gasteiger partial charge in [0, 0.05) is 6.54 Å². The van der Waals surface area contributed by atoms with Gasteiger partial charge in [0.05, 0.1) is 5.75 Å². The van der Waals surface area contributed by atoms with Crippen LogP contribution in [0.5, 0.6) is 0 Å². The van der Waals surface area contributed by atoms with E-state index in [-0.39, 0.29) is 5.91 Å². The summed E-state index contributed by atoms with van der Waals surface area (Å²) in [5.41, 5.74) is 0. The van der Waals surface area contributed by atoms with Crippen LogP contribution in [-0.2, 0) is 4.79 Å². The molecule has 1 aliphatic rings. The summed E-state index contributed by atoms with van der Waals surface area (Å²) in [5, 5.41) is 2.78. The van der Waals surface area contributed by atoms with Gasteiger partial charge in [-0.2, -0.15) is 12.6 Å². The SMILES string of the molecule is O=C(CS)NCC1CC1. The van der Waals surface area contributed by atoms with E-state index in [4.69, 9.17) is 0 Å². The third kappa shape index (κ3) is 2.75. The van der Waals surface area contributed by atoms with Gasteiger partial charge in [0.25, 0.3) is 0 Å². The highest BCUT2D eigenvalue weighted by molar-refractivity contribution is 7.81. The molecule has 52 valence electrons. The van der Waals surface area contributed by atoms with Crippen LogP contribution < -0.4 is 5.32 Å². The van der Waals surface area contributed by atoms with Crippen LogP contribution in [0.25, 0.3) is 0 Å². The molecular weight excluding hydrogens is 134 g/mol. The third-order valence-corrected chi connectivity index (χ3v) is 1.72. The first-order valence-electron chi connectivity index (χ1n) is 3.20. The second-order valence-corrected chi connectivity index (χ2v) is 2.72. The van der Waals surface area contributed by atoms with Gasteiger partial charge >= 0.3 is 0 Å². The van der Waals surface area contributed by atoms with Gasteiger partial charge in [0.1, 0.15) is 0 Å². The van der Waals surface area contributed by atoms with Crippen molar-refractivity contribution in [3.05, 3.63) is 0 Å². The van der Waals surface area contributed by atoms with E-state index in [0.717, 1.165) is 12.5 Å². The second kappa shape index (κ2) is 3.11. The monoisotopic (exact) mass is 145 g/mol. The van der Waals surface area contributed by atoms with Crippen molar-refractivity contribution in [1.82, 2.24) is 5.32 Å². The van der Waals surface area contributed by atoms with Gasteiger partial charge < -0.3 is 5.32 Å². The molecule has 0 heterocycles. The van der Waals surface area contributed by atoms with Crippen molar-refractivity contribution in [3.8, 4) is 0 Å². The molecule has 1 aliphatic carbocycles. The minimum absolute atomic E-state index is 0.0465. The number of carbonyl (C=O) groups excluding carboxylic acids is 1. The zero-order chi connectivity index (χ0) is 6.69. The topological polar surface area (TPSA) is 29.1 Å². The summed E-state index contributed by atoms with van der Waals surface area (Å²) in [6, 6.07) is 0. The molecule has 0 aromatic carbocycles. The largest absolute Gasteiger partial charge is 0.355 e. The summed E-state index contributed by atoms with van der Waals surface area (Å²) in [6.07, 6.45) is 2.57. The molecule has 1 N–H and O–H groups in total. The molecule has 3 heteroatoms. The zero-order valence-electron chi connectivity index (χ0n) is 5.26. The van der Waals surface area contributed by atoms with Crippen molar-refractivity contribution in [1.29, 1.82) is 0 Å². The molecule has 0 saturated heterocycles. The Morgan fingerprint density at radius 3 is 2.78 bits per heavy atom. The summed E-state index contributed by atoms with van der Waals surface area (Å²) in [6.45, 7) is 0.861. The smallest absolute Gasteiger partial charge is 0.229 e. The van der Waals surface area contributed by atoms with E-state index in [1.807, 2.05) is 0 Å². The molecule has 9 heavy (non-hydrogen) atoms. The first-order chi connectivity index (χ1) is 4.33. The Labute approximate surface area is 60.4 Å². The maximum atomic E-state index is 10.6. The first kappa shape index (κ1) is 6.93. The lowest BCUT2D eigenvalue weighted by Crippen LogP contribution is -2.26.